The molecule has 1 saturated heterocycles. The largest absolute Gasteiger partial charge is 0.459 e. The van der Waals surface area contributed by atoms with Crippen LogP contribution in [0.15, 0.2) is 74.3 Å². The number of furan rings is 1. The van der Waals surface area contributed by atoms with Gasteiger partial charge in [0, 0.05) is 47.2 Å². The van der Waals surface area contributed by atoms with Gasteiger partial charge in [-0.25, -0.2) is 4.98 Å². The van der Waals surface area contributed by atoms with E-state index >= 15 is 0 Å². The molecule has 1 aromatic carbocycles. The lowest BCUT2D eigenvalue weighted by Crippen LogP contribution is -2.35. The number of benzene rings is 1. The minimum atomic E-state index is -4.73. The molecule has 0 amide bonds. The lowest BCUT2D eigenvalue weighted by atomic mass is 10.1. The molecule has 0 radical (unpaired) electrons. The molecule has 4 aromatic rings. The smallest absolute Gasteiger partial charge is 0.449 e. The van der Waals surface area contributed by atoms with Crippen LogP contribution >= 0.6 is 0 Å². The van der Waals surface area contributed by atoms with E-state index in [1.54, 1.807) is 12.3 Å². The summed E-state index contributed by atoms with van der Waals surface area (Å²) in [6, 6.07) is 10.8. The molecule has 0 saturated carbocycles. The van der Waals surface area contributed by atoms with Crippen molar-refractivity contribution in [2.24, 2.45) is 4.99 Å². The first-order valence-electron chi connectivity index (χ1n) is 13.9. The summed E-state index contributed by atoms with van der Waals surface area (Å²) in [6.45, 7) is 3.44. The average Bonchev–Trinajstić information content (AvgIpc) is 3.64. The van der Waals surface area contributed by atoms with Gasteiger partial charge in [0.05, 0.1) is 18.4 Å². The Hall–Kier alpha value is -4.89. The van der Waals surface area contributed by atoms with Crippen LogP contribution in [0.3, 0.4) is 0 Å². The fourth-order valence-corrected chi connectivity index (χ4v) is 5.06. The predicted octanol–water partition coefficient (Wildman–Crippen LogP) is 5.46. The zero-order valence-electron chi connectivity index (χ0n) is 23.3. The number of aliphatic imine (C=N–C) groups is 1. The van der Waals surface area contributed by atoms with E-state index < -0.39 is 24.0 Å². The molecule has 43 heavy (non-hydrogen) atoms. The molecule has 3 N–H and O–H groups in total. The van der Waals surface area contributed by atoms with Crippen LogP contribution in [-0.4, -0.2) is 39.9 Å². The van der Waals surface area contributed by atoms with E-state index in [4.69, 9.17) is 4.42 Å². The highest BCUT2D eigenvalue weighted by molar-refractivity contribution is 5.78. The summed E-state index contributed by atoms with van der Waals surface area (Å²) in [5.41, 5.74) is 2.69. The topological polar surface area (TPSA) is 109 Å². The van der Waals surface area contributed by atoms with Crippen molar-refractivity contribution in [1.29, 1.82) is 0 Å². The number of anilines is 3. The number of nitrogens with zero attached hydrogens (tertiary/aromatic N) is 4. The van der Waals surface area contributed by atoms with Gasteiger partial charge in [0.2, 0.25) is 11.7 Å². The maximum atomic E-state index is 13.6. The Labute approximate surface area is 245 Å². The van der Waals surface area contributed by atoms with Gasteiger partial charge in [-0.1, -0.05) is 5.92 Å². The molecule has 220 valence electrons. The fraction of sp³-hybridized carbons (Fsp3) is 0.290. The number of fused-ring (bicyclic) bond motifs is 1. The number of allylic oxidation sites excluding steroid dienone is 2. The van der Waals surface area contributed by atoms with E-state index in [2.05, 4.69) is 42.8 Å². The summed E-state index contributed by atoms with van der Waals surface area (Å²) in [4.78, 5) is 26.8. The molecule has 0 aliphatic carbocycles. The van der Waals surface area contributed by atoms with Crippen molar-refractivity contribution in [2.45, 2.75) is 44.9 Å². The number of hydrogen-bond acceptors (Lipinski definition) is 8. The lowest BCUT2D eigenvalue weighted by molar-refractivity contribution is -0.153. The number of rotatable bonds is 6. The number of halogens is 3. The Morgan fingerprint density at radius 1 is 1.12 bits per heavy atom. The third kappa shape index (κ3) is 6.32. The molecule has 9 nitrogen and oxygen atoms in total. The summed E-state index contributed by atoms with van der Waals surface area (Å²) in [6.07, 6.45) is 2.25. The van der Waals surface area contributed by atoms with Crippen LogP contribution in [-0.2, 0) is 12.7 Å². The van der Waals surface area contributed by atoms with E-state index in [0.29, 0.717) is 29.2 Å². The average molecular weight is 588 g/mol. The Morgan fingerprint density at radius 3 is 2.60 bits per heavy atom. The van der Waals surface area contributed by atoms with Crippen LogP contribution in [0.25, 0.3) is 11.0 Å². The van der Waals surface area contributed by atoms with Crippen molar-refractivity contribution in [1.82, 2.24) is 19.9 Å². The minimum absolute atomic E-state index is 0.0908. The van der Waals surface area contributed by atoms with Crippen molar-refractivity contribution in [3.8, 4) is 11.8 Å². The number of piperidine rings is 1. The number of nitrogens with one attached hydrogen (secondary N) is 3. The van der Waals surface area contributed by atoms with E-state index in [1.807, 2.05) is 31.2 Å². The monoisotopic (exact) mass is 587 g/mol. The first-order valence-corrected chi connectivity index (χ1v) is 13.9. The molecule has 5 heterocycles. The summed E-state index contributed by atoms with van der Waals surface area (Å²) in [5.74, 6) is 4.77. The minimum Gasteiger partial charge on any atom is -0.459 e. The second-order valence-corrected chi connectivity index (χ2v) is 10.5. The Balaban J connectivity index is 1.34. The third-order valence-electron chi connectivity index (χ3n) is 7.35. The van der Waals surface area contributed by atoms with Crippen molar-refractivity contribution >= 4 is 34.6 Å². The lowest BCUT2D eigenvalue weighted by Gasteiger charge is -2.24. The predicted molar refractivity (Wildman–Crippen MR) is 159 cm³/mol. The van der Waals surface area contributed by atoms with E-state index in [9.17, 15) is 18.0 Å². The summed E-state index contributed by atoms with van der Waals surface area (Å²) >= 11 is 0. The van der Waals surface area contributed by atoms with Gasteiger partial charge < -0.3 is 20.4 Å². The number of aromatic nitrogens is 3. The number of hydrogen-bond donors (Lipinski definition) is 3. The quantitative estimate of drug-likeness (QED) is 0.257. The van der Waals surface area contributed by atoms with Crippen LogP contribution in [0.5, 0.6) is 0 Å². The van der Waals surface area contributed by atoms with Gasteiger partial charge in [-0.2, -0.15) is 18.2 Å². The van der Waals surface area contributed by atoms with Crippen LogP contribution in [0.1, 0.15) is 43.1 Å². The standard InChI is InChI=1S/C31H28F3N7O2/c1-19-8-14-36-26(19)7-2-20-16-22-17-37-30(39-24-5-3-23(4-6-24)38-25-9-12-35-13-10-25)40-28(22)41(29(20)42)18-21-11-15-43-27(21)31(32,33)34/h3-6,11,14-17,25,35,38H,8-10,12-13,18H2,1H3,(H,37,39,40). The maximum Gasteiger partial charge on any atom is 0.449 e. The van der Waals surface area contributed by atoms with Crippen LogP contribution in [0, 0.1) is 11.8 Å². The van der Waals surface area contributed by atoms with Crippen LogP contribution in [0.4, 0.5) is 30.5 Å². The van der Waals surface area contributed by atoms with Crippen molar-refractivity contribution in [2.75, 3.05) is 23.7 Å². The highest BCUT2D eigenvalue weighted by Gasteiger charge is 2.37. The van der Waals surface area contributed by atoms with Gasteiger partial charge in [-0.15, -0.1) is 0 Å². The fourth-order valence-electron chi connectivity index (χ4n) is 5.06. The molecule has 0 spiro atoms. The van der Waals surface area contributed by atoms with Gasteiger partial charge in [0.15, 0.2) is 0 Å². The second kappa shape index (κ2) is 11.8. The van der Waals surface area contributed by atoms with Gasteiger partial charge in [0.1, 0.15) is 11.3 Å². The van der Waals surface area contributed by atoms with Crippen LogP contribution < -0.4 is 21.5 Å². The highest BCUT2D eigenvalue weighted by Crippen LogP contribution is 2.33. The molecular weight excluding hydrogens is 559 g/mol. The van der Waals surface area contributed by atoms with E-state index in [0.717, 1.165) is 48.0 Å². The number of alkyl halides is 3. The first kappa shape index (κ1) is 28.2. The Morgan fingerprint density at radius 2 is 1.88 bits per heavy atom. The van der Waals surface area contributed by atoms with Gasteiger partial charge in [0.25, 0.3) is 5.56 Å². The molecule has 0 atom stereocenters. The third-order valence-corrected chi connectivity index (χ3v) is 7.35. The Bertz CT molecular complexity index is 1840. The molecule has 2 aliphatic rings. The molecule has 6 rings (SSSR count). The molecule has 3 aromatic heterocycles. The van der Waals surface area contributed by atoms with Crippen molar-refractivity contribution in [3.05, 3.63) is 87.4 Å². The van der Waals surface area contributed by atoms with Gasteiger partial charge in [-0.3, -0.25) is 14.4 Å². The SMILES string of the molecule is CC1=C(C#Cc2cc3cnc(Nc4ccc(NC5CCNCC5)cc4)nc3n(Cc3ccoc3C(F)(F)F)c2=O)N=CC1. The molecule has 2 aliphatic heterocycles. The second-order valence-electron chi connectivity index (χ2n) is 10.5. The zero-order valence-corrected chi connectivity index (χ0v) is 23.3. The molecule has 0 bridgehead atoms. The van der Waals surface area contributed by atoms with E-state index in [1.165, 1.54) is 12.3 Å². The number of pyridine rings is 1. The van der Waals surface area contributed by atoms with Crippen molar-refractivity contribution in [3.63, 3.8) is 0 Å². The molecular formula is C31H28F3N7O2. The zero-order chi connectivity index (χ0) is 30.0. The Kier molecular flexibility index (Phi) is 7.73. The molecule has 12 heteroatoms. The first-order chi connectivity index (χ1) is 20.7. The highest BCUT2D eigenvalue weighted by atomic mass is 19.4. The van der Waals surface area contributed by atoms with Crippen molar-refractivity contribution < 1.29 is 17.6 Å². The normalized spacial score (nSPS) is 15.5. The molecule has 1 fully saturated rings. The summed E-state index contributed by atoms with van der Waals surface area (Å²) in [7, 11) is 0. The van der Waals surface area contributed by atoms with Crippen LogP contribution in [0.2, 0.25) is 0 Å². The summed E-state index contributed by atoms with van der Waals surface area (Å²) in [5, 5.41) is 10.4. The maximum absolute atomic E-state index is 13.6. The van der Waals surface area contributed by atoms with Gasteiger partial charge >= 0.3 is 6.18 Å². The van der Waals surface area contributed by atoms with Gasteiger partial charge in [-0.05, 0) is 80.7 Å². The summed E-state index contributed by atoms with van der Waals surface area (Å²) < 4.78 is 46.7. The molecule has 0 unspecified atom stereocenters. The van der Waals surface area contributed by atoms with E-state index in [-0.39, 0.29) is 22.7 Å².